The maximum atomic E-state index is 13.1. The number of nitro groups is 2. The Morgan fingerprint density at radius 2 is 1.33 bits per heavy atom. The highest BCUT2D eigenvalue weighted by atomic mass is 17.2. The summed E-state index contributed by atoms with van der Waals surface area (Å²) in [7, 11) is 0. The number of esters is 1. The summed E-state index contributed by atoms with van der Waals surface area (Å²) in [5.41, 5.74) is 0.0356. The van der Waals surface area contributed by atoms with Crippen molar-refractivity contribution < 1.29 is 49.2 Å². The van der Waals surface area contributed by atoms with Gasteiger partial charge < -0.3 is 9.84 Å². The summed E-state index contributed by atoms with van der Waals surface area (Å²) in [5.74, 6) is -3.96. The van der Waals surface area contributed by atoms with E-state index < -0.39 is 40.8 Å². The van der Waals surface area contributed by atoms with Crippen LogP contribution in [0.3, 0.4) is 0 Å². The van der Waals surface area contributed by atoms with Crippen molar-refractivity contribution in [2.45, 2.75) is 128 Å². The molecule has 4 fully saturated rings. The number of carbonyl (C=O) groups excluding carboxylic acids is 1. The molecule has 6 unspecified atom stereocenters. The van der Waals surface area contributed by atoms with Crippen LogP contribution in [0.4, 0.5) is 0 Å². The van der Waals surface area contributed by atoms with Gasteiger partial charge in [-0.2, -0.15) is 0 Å². The van der Waals surface area contributed by atoms with Crippen molar-refractivity contribution >= 4 is 11.9 Å². The van der Waals surface area contributed by atoms with Gasteiger partial charge in [-0.1, -0.05) is 13.8 Å². The van der Waals surface area contributed by atoms with Crippen LogP contribution in [0, 0.1) is 61.2 Å². The molecule has 0 aromatic carbocycles. The number of aliphatic carboxylic acids is 1. The van der Waals surface area contributed by atoms with Crippen molar-refractivity contribution in [3.8, 4) is 0 Å². The molecule has 2 N–H and O–H groups in total. The zero-order chi connectivity index (χ0) is 32.7. The van der Waals surface area contributed by atoms with Crippen LogP contribution in [0.25, 0.3) is 0 Å². The lowest BCUT2D eigenvalue weighted by Gasteiger charge is -2.46. The molecular formula is C31H50N2O12. The molecule has 0 saturated heterocycles. The molecule has 256 valence electrons. The third-order valence-electron chi connectivity index (χ3n) is 11.7. The first-order valence-electron chi connectivity index (χ1n) is 16.7. The van der Waals surface area contributed by atoms with E-state index in [4.69, 9.17) is 19.8 Å². The molecular weight excluding hydrogens is 592 g/mol. The molecule has 45 heavy (non-hydrogen) atoms. The summed E-state index contributed by atoms with van der Waals surface area (Å²) < 4.78 is 5.74. The van der Waals surface area contributed by atoms with Gasteiger partial charge >= 0.3 is 11.9 Å². The fourth-order valence-corrected chi connectivity index (χ4v) is 8.77. The highest BCUT2D eigenvalue weighted by Gasteiger charge is 2.50. The smallest absolute Gasteiger partial charge is 0.317 e. The normalized spacial score (nSPS) is 36.2. The number of ether oxygens (including phenoxy) is 1. The summed E-state index contributed by atoms with van der Waals surface area (Å²) in [5, 5.41) is 41.7. The fourth-order valence-electron chi connectivity index (χ4n) is 8.77. The molecule has 14 nitrogen and oxygen atoms in total. The van der Waals surface area contributed by atoms with Gasteiger partial charge in [0.1, 0.15) is 12.0 Å². The van der Waals surface area contributed by atoms with Crippen molar-refractivity contribution in [3.63, 3.8) is 0 Å². The Kier molecular flexibility index (Phi) is 12.5. The second-order valence-electron chi connectivity index (χ2n) is 14.3. The van der Waals surface area contributed by atoms with Crippen LogP contribution in [-0.4, -0.2) is 69.7 Å². The van der Waals surface area contributed by atoms with Gasteiger partial charge in [0.25, 0.3) is 0 Å². The van der Waals surface area contributed by atoms with Crippen LogP contribution in [0.15, 0.2) is 0 Å². The summed E-state index contributed by atoms with van der Waals surface area (Å²) in [6, 6.07) is -1.97. The van der Waals surface area contributed by atoms with E-state index in [9.17, 15) is 34.9 Å². The van der Waals surface area contributed by atoms with E-state index in [1.807, 2.05) is 0 Å². The molecule has 4 rings (SSSR count). The largest absolute Gasteiger partial charge is 0.481 e. The first-order valence-corrected chi connectivity index (χ1v) is 16.7. The molecule has 0 heterocycles. The first kappa shape index (κ1) is 35.4. The van der Waals surface area contributed by atoms with Crippen molar-refractivity contribution in [2.75, 3.05) is 13.2 Å². The van der Waals surface area contributed by atoms with Gasteiger partial charge in [0.05, 0.1) is 31.2 Å². The Hall–Kier alpha value is -2.42. The molecule has 0 amide bonds. The van der Waals surface area contributed by atoms with Crippen LogP contribution < -0.4 is 0 Å². The molecule has 0 radical (unpaired) electrons. The van der Waals surface area contributed by atoms with Crippen LogP contribution in [0.5, 0.6) is 0 Å². The predicted molar refractivity (Wildman–Crippen MR) is 158 cm³/mol. The average Bonchev–Trinajstić information content (AvgIpc) is 3.01. The van der Waals surface area contributed by atoms with Crippen LogP contribution in [0.2, 0.25) is 0 Å². The molecule has 4 aliphatic rings. The molecule has 0 aromatic rings. The van der Waals surface area contributed by atoms with Crippen molar-refractivity contribution in [1.29, 1.82) is 0 Å². The standard InChI is InChI=1S/C31H50N2O12/c1-31(2,20-9-13-22(14-10-20)44-30(36)28-24(29(34)35)6-4-8-27(28)33(39)40)21-11-15-23(16-12-21)45-43-18-25-19(17-42-41)5-3-7-26(25)32(37)38/h19-28,41H,3-18H2,1-2H3,(H,34,35). The van der Waals surface area contributed by atoms with Crippen LogP contribution in [0.1, 0.15) is 104 Å². The molecule has 0 aromatic heterocycles. The lowest BCUT2D eigenvalue weighted by molar-refractivity contribution is -0.542. The van der Waals surface area contributed by atoms with E-state index in [1.54, 1.807) is 0 Å². The minimum atomic E-state index is -1.25. The molecule has 4 saturated carbocycles. The lowest BCUT2D eigenvalue weighted by Crippen LogP contribution is -2.47. The Balaban J connectivity index is 1.22. The van der Waals surface area contributed by atoms with E-state index >= 15 is 0 Å². The van der Waals surface area contributed by atoms with Crippen LogP contribution in [-0.2, 0) is 29.0 Å². The quantitative estimate of drug-likeness (QED) is 0.114. The second kappa shape index (κ2) is 15.9. The van der Waals surface area contributed by atoms with E-state index in [0.29, 0.717) is 43.9 Å². The van der Waals surface area contributed by atoms with Gasteiger partial charge in [0.2, 0.25) is 12.1 Å². The lowest BCUT2D eigenvalue weighted by atomic mass is 9.60. The van der Waals surface area contributed by atoms with Gasteiger partial charge in [-0.05, 0) is 100 Å². The highest BCUT2D eigenvalue weighted by molar-refractivity contribution is 5.82. The summed E-state index contributed by atoms with van der Waals surface area (Å²) in [6.07, 6.45) is 8.84. The third-order valence-corrected chi connectivity index (χ3v) is 11.7. The van der Waals surface area contributed by atoms with Crippen molar-refractivity contribution in [3.05, 3.63) is 20.2 Å². The van der Waals surface area contributed by atoms with Gasteiger partial charge in [0.15, 0.2) is 0 Å². The number of rotatable bonds is 13. The zero-order valence-electron chi connectivity index (χ0n) is 26.5. The summed E-state index contributed by atoms with van der Waals surface area (Å²) >= 11 is 0. The van der Waals surface area contributed by atoms with Gasteiger partial charge in [0, 0.05) is 22.7 Å². The number of carboxylic acids is 1. The molecule has 0 aliphatic heterocycles. The second-order valence-corrected chi connectivity index (χ2v) is 14.3. The number of hydrogen-bond donors (Lipinski definition) is 2. The first-order chi connectivity index (χ1) is 21.4. The third kappa shape index (κ3) is 8.69. The topological polar surface area (TPSA) is 198 Å². The summed E-state index contributed by atoms with van der Waals surface area (Å²) in [4.78, 5) is 62.8. The average molecular weight is 643 g/mol. The Morgan fingerprint density at radius 1 is 0.778 bits per heavy atom. The van der Waals surface area contributed by atoms with Gasteiger partial charge in [-0.25, -0.2) is 14.7 Å². The van der Waals surface area contributed by atoms with E-state index in [0.717, 1.165) is 44.9 Å². The van der Waals surface area contributed by atoms with Crippen LogP contribution >= 0.6 is 0 Å². The molecule has 6 atom stereocenters. The maximum absolute atomic E-state index is 13.1. The van der Waals surface area contributed by atoms with Crippen molar-refractivity contribution in [1.82, 2.24) is 0 Å². The fraction of sp³-hybridized carbons (Fsp3) is 0.935. The number of carbonyl (C=O) groups is 2. The van der Waals surface area contributed by atoms with E-state index in [1.165, 1.54) is 0 Å². The van der Waals surface area contributed by atoms with Gasteiger partial charge in [-0.15, -0.1) is 0 Å². The Labute approximate surface area is 263 Å². The SMILES string of the molecule is CC(C)(C1CCC(OOCC2C(COO)CCCC2[N+](=O)[O-])CC1)C1CCC(OC(=O)C2C(C(=O)O)CCCC2[N+](=O)[O-])CC1. The Bertz CT molecular complexity index is 1000. The highest BCUT2D eigenvalue weighted by Crippen LogP contribution is 2.49. The number of hydrogen-bond acceptors (Lipinski definition) is 11. The number of carboxylic acid groups (broad SMARTS) is 1. The Morgan fingerprint density at radius 3 is 1.89 bits per heavy atom. The molecule has 4 aliphatic carbocycles. The summed E-state index contributed by atoms with van der Waals surface area (Å²) in [6.45, 7) is 4.70. The minimum absolute atomic E-state index is 0.0356. The van der Waals surface area contributed by atoms with Crippen molar-refractivity contribution in [2.24, 2.45) is 40.9 Å². The van der Waals surface area contributed by atoms with Gasteiger partial charge in [-0.3, -0.25) is 35.1 Å². The maximum Gasteiger partial charge on any atom is 0.317 e. The molecule has 0 bridgehead atoms. The minimum Gasteiger partial charge on any atom is -0.481 e. The predicted octanol–water partition coefficient (Wildman–Crippen LogP) is 5.32. The van der Waals surface area contributed by atoms with E-state index in [2.05, 4.69) is 18.7 Å². The molecule has 14 heteroatoms. The zero-order valence-corrected chi connectivity index (χ0v) is 26.5. The number of nitrogens with zero attached hydrogens (tertiary/aromatic N) is 2. The monoisotopic (exact) mass is 642 g/mol. The molecule has 0 spiro atoms. The van der Waals surface area contributed by atoms with E-state index in [-0.39, 0.29) is 60.4 Å².